The van der Waals surface area contributed by atoms with Crippen LogP contribution in [0.3, 0.4) is 0 Å². The third-order valence-electron chi connectivity index (χ3n) is 4.24. The predicted molar refractivity (Wildman–Crippen MR) is 114 cm³/mol. The van der Waals surface area contributed by atoms with Gasteiger partial charge in [0.25, 0.3) is 15.9 Å². The van der Waals surface area contributed by atoms with Crippen LogP contribution in [0, 0.1) is 5.82 Å². The van der Waals surface area contributed by atoms with Crippen molar-refractivity contribution < 1.29 is 17.6 Å². The third kappa shape index (κ3) is 5.21. The van der Waals surface area contributed by atoms with E-state index in [1.807, 2.05) is 31.2 Å². The zero-order chi connectivity index (χ0) is 21.0. The van der Waals surface area contributed by atoms with Crippen LogP contribution in [-0.4, -0.2) is 14.3 Å². The summed E-state index contributed by atoms with van der Waals surface area (Å²) in [7, 11) is -3.85. The largest absolute Gasteiger partial charge is 0.345 e. The molecule has 3 rings (SSSR count). The predicted octanol–water partition coefficient (Wildman–Crippen LogP) is 4.88. The Morgan fingerprint density at radius 1 is 0.966 bits per heavy atom. The van der Waals surface area contributed by atoms with Crippen molar-refractivity contribution in [2.24, 2.45) is 0 Å². The van der Waals surface area contributed by atoms with E-state index in [0.29, 0.717) is 11.3 Å². The van der Waals surface area contributed by atoms with Crippen molar-refractivity contribution in [1.29, 1.82) is 0 Å². The van der Waals surface area contributed by atoms with Crippen LogP contribution < -0.4 is 10.0 Å². The first kappa shape index (κ1) is 21.0. The first-order valence-corrected chi connectivity index (χ1v) is 11.0. The summed E-state index contributed by atoms with van der Waals surface area (Å²) in [6, 6.07) is 18.0. The number of halogens is 2. The molecule has 0 saturated carbocycles. The van der Waals surface area contributed by atoms with Gasteiger partial charge in [-0.1, -0.05) is 34.1 Å². The molecule has 0 radical (unpaired) electrons. The van der Waals surface area contributed by atoms with Crippen molar-refractivity contribution in [3.63, 3.8) is 0 Å². The SMILES string of the molecule is CC(NC(=O)c1ccc(NS(=O)(=O)c2ccc(F)cc2)cc1)c1ccccc1Br. The zero-order valence-electron chi connectivity index (χ0n) is 15.4. The van der Waals surface area contributed by atoms with Crippen molar-refractivity contribution in [2.45, 2.75) is 17.9 Å². The molecule has 3 aromatic rings. The molecule has 0 aromatic heterocycles. The highest BCUT2D eigenvalue weighted by molar-refractivity contribution is 9.10. The topological polar surface area (TPSA) is 75.3 Å². The molecule has 0 saturated heterocycles. The fourth-order valence-electron chi connectivity index (χ4n) is 2.70. The van der Waals surface area contributed by atoms with Crippen molar-refractivity contribution in [3.8, 4) is 0 Å². The van der Waals surface area contributed by atoms with E-state index in [2.05, 4.69) is 26.0 Å². The first-order chi connectivity index (χ1) is 13.8. The Balaban J connectivity index is 1.69. The number of carbonyl (C=O) groups excluding carboxylic acids is 1. The number of nitrogens with one attached hydrogen (secondary N) is 2. The fourth-order valence-corrected chi connectivity index (χ4v) is 4.39. The number of anilines is 1. The molecule has 0 fully saturated rings. The number of hydrogen-bond donors (Lipinski definition) is 2. The molecule has 150 valence electrons. The molecule has 0 heterocycles. The van der Waals surface area contributed by atoms with Crippen LogP contribution in [0.2, 0.25) is 0 Å². The van der Waals surface area contributed by atoms with Crippen LogP contribution in [0.4, 0.5) is 10.1 Å². The maximum atomic E-state index is 13.0. The summed E-state index contributed by atoms with van der Waals surface area (Å²) in [4.78, 5) is 12.4. The Morgan fingerprint density at radius 2 is 1.59 bits per heavy atom. The van der Waals surface area contributed by atoms with E-state index in [4.69, 9.17) is 0 Å². The highest BCUT2D eigenvalue weighted by Gasteiger charge is 2.16. The summed E-state index contributed by atoms with van der Waals surface area (Å²) >= 11 is 3.47. The summed E-state index contributed by atoms with van der Waals surface area (Å²) < 4.78 is 41.0. The highest BCUT2D eigenvalue weighted by Crippen LogP contribution is 2.23. The van der Waals surface area contributed by atoms with Gasteiger partial charge >= 0.3 is 0 Å². The van der Waals surface area contributed by atoms with Gasteiger partial charge in [0.05, 0.1) is 10.9 Å². The van der Waals surface area contributed by atoms with Gasteiger partial charge in [0.15, 0.2) is 0 Å². The molecule has 0 bridgehead atoms. The molecule has 5 nitrogen and oxygen atoms in total. The number of carbonyl (C=O) groups is 1. The van der Waals surface area contributed by atoms with Gasteiger partial charge in [0, 0.05) is 15.7 Å². The molecule has 0 spiro atoms. The number of benzene rings is 3. The Hall–Kier alpha value is -2.71. The minimum Gasteiger partial charge on any atom is -0.345 e. The molecule has 2 N–H and O–H groups in total. The van der Waals surface area contributed by atoms with Gasteiger partial charge in [0.1, 0.15) is 5.82 Å². The lowest BCUT2D eigenvalue weighted by Crippen LogP contribution is -2.26. The maximum Gasteiger partial charge on any atom is 0.261 e. The van der Waals surface area contributed by atoms with E-state index < -0.39 is 15.8 Å². The number of amides is 1. The molecule has 8 heteroatoms. The van der Waals surface area contributed by atoms with Gasteiger partial charge in [-0.2, -0.15) is 0 Å². The first-order valence-electron chi connectivity index (χ1n) is 8.70. The lowest BCUT2D eigenvalue weighted by atomic mass is 10.1. The molecule has 1 amide bonds. The zero-order valence-corrected chi connectivity index (χ0v) is 17.8. The summed E-state index contributed by atoms with van der Waals surface area (Å²) in [5.41, 5.74) is 1.64. The Morgan fingerprint density at radius 3 is 2.21 bits per heavy atom. The van der Waals surface area contributed by atoms with Crippen LogP contribution in [0.1, 0.15) is 28.9 Å². The van der Waals surface area contributed by atoms with Crippen molar-refractivity contribution >= 4 is 37.5 Å². The van der Waals surface area contributed by atoms with Crippen LogP contribution in [0.15, 0.2) is 82.2 Å². The monoisotopic (exact) mass is 476 g/mol. The molecule has 1 atom stereocenters. The fraction of sp³-hybridized carbons (Fsp3) is 0.0952. The molecular formula is C21H18BrFN2O3S. The molecule has 29 heavy (non-hydrogen) atoms. The van der Waals surface area contributed by atoms with Crippen LogP contribution in [-0.2, 0) is 10.0 Å². The van der Waals surface area contributed by atoms with Crippen LogP contribution >= 0.6 is 15.9 Å². The quantitative estimate of drug-likeness (QED) is 0.532. The van der Waals surface area contributed by atoms with Gasteiger partial charge in [-0.05, 0) is 67.1 Å². The van der Waals surface area contributed by atoms with E-state index in [0.717, 1.165) is 22.2 Å². The second-order valence-electron chi connectivity index (χ2n) is 6.35. The smallest absolute Gasteiger partial charge is 0.261 e. The van der Waals surface area contributed by atoms with Crippen LogP contribution in [0.5, 0.6) is 0 Å². The maximum absolute atomic E-state index is 13.0. The average Bonchev–Trinajstić information content (AvgIpc) is 2.68. The van der Waals surface area contributed by atoms with E-state index in [1.165, 1.54) is 36.4 Å². The molecule has 0 aliphatic carbocycles. The highest BCUT2D eigenvalue weighted by atomic mass is 79.9. The Kier molecular flexibility index (Phi) is 6.34. The van der Waals surface area contributed by atoms with E-state index in [-0.39, 0.29) is 16.8 Å². The third-order valence-corrected chi connectivity index (χ3v) is 6.36. The summed E-state index contributed by atoms with van der Waals surface area (Å²) in [6.45, 7) is 1.88. The molecular weight excluding hydrogens is 459 g/mol. The average molecular weight is 477 g/mol. The normalized spacial score (nSPS) is 12.2. The number of sulfonamides is 1. The second-order valence-corrected chi connectivity index (χ2v) is 8.89. The summed E-state index contributed by atoms with van der Waals surface area (Å²) in [6.07, 6.45) is 0. The molecule has 3 aromatic carbocycles. The summed E-state index contributed by atoms with van der Waals surface area (Å²) in [5.74, 6) is -0.794. The Labute approximate surface area is 177 Å². The van der Waals surface area contributed by atoms with E-state index in [1.54, 1.807) is 0 Å². The van der Waals surface area contributed by atoms with Crippen molar-refractivity contribution in [1.82, 2.24) is 5.32 Å². The van der Waals surface area contributed by atoms with Crippen molar-refractivity contribution in [3.05, 3.63) is 94.2 Å². The summed E-state index contributed by atoms with van der Waals surface area (Å²) in [5, 5.41) is 2.91. The van der Waals surface area contributed by atoms with Gasteiger partial charge in [-0.15, -0.1) is 0 Å². The Bertz CT molecular complexity index is 1120. The standard InChI is InChI=1S/C21H18BrFN2O3S/c1-14(19-4-2-3-5-20(19)22)24-21(26)15-6-10-17(11-7-15)25-29(27,28)18-12-8-16(23)9-13-18/h2-14,25H,1H3,(H,24,26). The van der Waals surface area contributed by atoms with E-state index >= 15 is 0 Å². The van der Waals surface area contributed by atoms with Gasteiger partial charge in [-0.3, -0.25) is 9.52 Å². The van der Waals surface area contributed by atoms with Gasteiger partial charge in [0.2, 0.25) is 0 Å². The van der Waals surface area contributed by atoms with E-state index in [9.17, 15) is 17.6 Å². The van der Waals surface area contributed by atoms with Gasteiger partial charge in [-0.25, -0.2) is 12.8 Å². The lowest BCUT2D eigenvalue weighted by Gasteiger charge is -2.16. The van der Waals surface area contributed by atoms with Crippen LogP contribution in [0.25, 0.3) is 0 Å². The van der Waals surface area contributed by atoms with Crippen molar-refractivity contribution in [2.75, 3.05) is 4.72 Å². The lowest BCUT2D eigenvalue weighted by molar-refractivity contribution is 0.0940. The molecule has 0 aliphatic heterocycles. The minimum absolute atomic E-state index is 0.0528. The minimum atomic E-state index is -3.85. The molecule has 0 aliphatic rings. The van der Waals surface area contributed by atoms with Gasteiger partial charge < -0.3 is 5.32 Å². The second kappa shape index (κ2) is 8.75. The number of hydrogen-bond acceptors (Lipinski definition) is 3. The molecule has 1 unspecified atom stereocenters. The number of rotatable bonds is 6.